The number of aromatic carboxylic acids is 1. The van der Waals surface area contributed by atoms with Crippen LogP contribution < -0.4 is 4.74 Å². The fraction of sp³-hybridized carbons (Fsp3) is 0.455. The van der Waals surface area contributed by atoms with Gasteiger partial charge in [-0.3, -0.25) is 4.98 Å². The minimum Gasteiger partial charge on any atom is -0.490 e. The third-order valence-electron chi connectivity index (χ3n) is 4.94. The number of hydrogen-bond acceptors (Lipinski definition) is 3. The quantitative estimate of drug-likeness (QED) is 0.768. The van der Waals surface area contributed by atoms with Crippen LogP contribution in [0, 0.1) is 12.8 Å². The second kappa shape index (κ2) is 7.90. The summed E-state index contributed by atoms with van der Waals surface area (Å²) < 4.78 is 5.95. The Morgan fingerprint density at radius 3 is 2.62 bits per heavy atom. The molecule has 4 nitrogen and oxygen atoms in total. The Hall–Kier alpha value is -2.36. The number of aromatic nitrogens is 1. The number of rotatable bonds is 6. The van der Waals surface area contributed by atoms with E-state index in [4.69, 9.17) is 9.72 Å². The number of nitrogens with zero attached hydrogens (tertiary/aromatic N) is 1. The summed E-state index contributed by atoms with van der Waals surface area (Å²) in [6.07, 6.45) is 5.59. The first-order chi connectivity index (χ1) is 12.4. The minimum atomic E-state index is -0.903. The van der Waals surface area contributed by atoms with Gasteiger partial charge in [-0.05, 0) is 57.4 Å². The topological polar surface area (TPSA) is 59.4 Å². The second-order valence-corrected chi connectivity index (χ2v) is 7.52. The number of ether oxygens (including phenoxy) is 1. The van der Waals surface area contributed by atoms with Crippen molar-refractivity contribution in [3.05, 3.63) is 47.2 Å². The molecule has 0 radical (unpaired) electrons. The average Bonchev–Trinajstić information content (AvgIpc) is 3.09. The van der Waals surface area contributed by atoms with Gasteiger partial charge in [-0.15, -0.1) is 0 Å². The highest BCUT2D eigenvalue weighted by Crippen LogP contribution is 2.33. The summed E-state index contributed by atoms with van der Waals surface area (Å²) in [4.78, 5) is 16.4. The average molecular weight is 353 g/mol. The van der Waals surface area contributed by atoms with Gasteiger partial charge < -0.3 is 9.84 Å². The van der Waals surface area contributed by atoms with Crippen molar-refractivity contribution in [2.75, 3.05) is 0 Å². The van der Waals surface area contributed by atoms with Crippen molar-refractivity contribution in [1.82, 2.24) is 4.98 Å². The highest BCUT2D eigenvalue weighted by molar-refractivity contribution is 5.89. The number of carboxylic acid groups (broad SMARTS) is 1. The number of aryl methyl sites for hydroxylation is 1. The monoisotopic (exact) mass is 353 g/mol. The van der Waals surface area contributed by atoms with Gasteiger partial charge in [0.15, 0.2) is 0 Å². The molecule has 138 valence electrons. The highest BCUT2D eigenvalue weighted by Gasteiger charge is 2.21. The van der Waals surface area contributed by atoms with Crippen molar-refractivity contribution in [3.8, 4) is 17.0 Å². The fourth-order valence-corrected chi connectivity index (χ4v) is 3.69. The van der Waals surface area contributed by atoms with E-state index < -0.39 is 5.97 Å². The SMILES string of the molecule is Cc1ccc(OC(C)C)c(-c2ccc(C(=O)O)c(CC3CCCC3)n2)c1. The van der Waals surface area contributed by atoms with Crippen molar-refractivity contribution >= 4 is 5.97 Å². The largest absolute Gasteiger partial charge is 0.490 e. The van der Waals surface area contributed by atoms with E-state index in [9.17, 15) is 9.90 Å². The molecule has 1 aromatic carbocycles. The summed E-state index contributed by atoms with van der Waals surface area (Å²) in [5.41, 5.74) is 3.83. The predicted molar refractivity (Wildman–Crippen MR) is 103 cm³/mol. The molecule has 0 amide bonds. The van der Waals surface area contributed by atoms with Crippen LogP contribution in [-0.4, -0.2) is 22.2 Å². The van der Waals surface area contributed by atoms with Crippen molar-refractivity contribution in [2.24, 2.45) is 5.92 Å². The molecule has 0 spiro atoms. The van der Waals surface area contributed by atoms with Gasteiger partial charge in [0.2, 0.25) is 0 Å². The van der Waals surface area contributed by atoms with Gasteiger partial charge >= 0.3 is 5.97 Å². The van der Waals surface area contributed by atoms with Gasteiger partial charge in [-0.25, -0.2) is 4.79 Å². The van der Waals surface area contributed by atoms with E-state index in [0.29, 0.717) is 17.2 Å². The van der Waals surface area contributed by atoms with Crippen LogP contribution in [0.5, 0.6) is 5.75 Å². The third kappa shape index (κ3) is 4.24. The molecule has 1 heterocycles. The number of pyridine rings is 1. The number of benzene rings is 1. The lowest BCUT2D eigenvalue weighted by Crippen LogP contribution is -2.11. The second-order valence-electron chi connectivity index (χ2n) is 7.52. The Bertz CT molecular complexity index is 792. The molecule has 1 N–H and O–H groups in total. The Kier molecular flexibility index (Phi) is 5.60. The van der Waals surface area contributed by atoms with Crippen LogP contribution in [0.1, 0.15) is 61.1 Å². The molecule has 2 aromatic rings. The van der Waals surface area contributed by atoms with Crippen LogP contribution >= 0.6 is 0 Å². The summed E-state index contributed by atoms with van der Waals surface area (Å²) in [6.45, 7) is 6.03. The number of carbonyl (C=O) groups is 1. The van der Waals surface area contributed by atoms with E-state index in [1.165, 1.54) is 12.8 Å². The molecule has 1 fully saturated rings. The molecular formula is C22H27NO3. The standard InChI is InChI=1S/C22H27NO3/c1-14(2)26-21-11-8-15(3)12-18(21)19-10-9-17(22(24)25)20(23-19)13-16-6-4-5-7-16/h8-12,14,16H,4-7,13H2,1-3H3,(H,24,25). The first-order valence-electron chi connectivity index (χ1n) is 9.45. The summed E-state index contributed by atoms with van der Waals surface area (Å²) in [5, 5.41) is 9.55. The van der Waals surface area contributed by atoms with E-state index in [0.717, 1.165) is 41.8 Å². The molecule has 4 heteroatoms. The summed E-state index contributed by atoms with van der Waals surface area (Å²) in [7, 11) is 0. The Labute approximate surface area is 155 Å². The van der Waals surface area contributed by atoms with Crippen molar-refractivity contribution in [1.29, 1.82) is 0 Å². The zero-order chi connectivity index (χ0) is 18.7. The van der Waals surface area contributed by atoms with Crippen LogP contribution in [0.15, 0.2) is 30.3 Å². The zero-order valence-corrected chi connectivity index (χ0v) is 15.8. The third-order valence-corrected chi connectivity index (χ3v) is 4.94. The predicted octanol–water partition coefficient (Wildman–Crippen LogP) is 5.28. The van der Waals surface area contributed by atoms with E-state index in [2.05, 4.69) is 6.07 Å². The maximum atomic E-state index is 11.6. The molecule has 1 aliphatic carbocycles. The van der Waals surface area contributed by atoms with Crippen LogP contribution in [0.2, 0.25) is 0 Å². The maximum absolute atomic E-state index is 11.6. The molecule has 1 aromatic heterocycles. The van der Waals surface area contributed by atoms with Gasteiger partial charge in [0.05, 0.1) is 23.1 Å². The lowest BCUT2D eigenvalue weighted by molar-refractivity contribution is 0.0695. The number of hydrogen-bond donors (Lipinski definition) is 1. The Morgan fingerprint density at radius 2 is 1.96 bits per heavy atom. The lowest BCUT2D eigenvalue weighted by Gasteiger charge is -2.16. The molecule has 1 saturated carbocycles. The van der Waals surface area contributed by atoms with Crippen LogP contribution in [0.3, 0.4) is 0 Å². The molecule has 0 saturated heterocycles. The van der Waals surface area contributed by atoms with Crippen LogP contribution in [0.25, 0.3) is 11.3 Å². The van der Waals surface area contributed by atoms with Crippen molar-refractivity contribution in [2.45, 2.75) is 59.0 Å². The van der Waals surface area contributed by atoms with Gasteiger partial charge in [0.1, 0.15) is 5.75 Å². The highest BCUT2D eigenvalue weighted by atomic mass is 16.5. The minimum absolute atomic E-state index is 0.0627. The summed E-state index contributed by atoms with van der Waals surface area (Å²) >= 11 is 0. The summed E-state index contributed by atoms with van der Waals surface area (Å²) in [6, 6.07) is 9.53. The normalized spacial score (nSPS) is 14.8. The molecular weight excluding hydrogens is 326 g/mol. The number of carboxylic acids is 1. The molecule has 1 aliphatic rings. The molecule has 0 unspecified atom stereocenters. The van der Waals surface area contributed by atoms with E-state index in [1.54, 1.807) is 12.1 Å². The fourth-order valence-electron chi connectivity index (χ4n) is 3.69. The Balaban J connectivity index is 2.02. The Morgan fingerprint density at radius 1 is 1.23 bits per heavy atom. The van der Waals surface area contributed by atoms with E-state index in [-0.39, 0.29) is 6.10 Å². The van der Waals surface area contributed by atoms with Gasteiger partial charge in [-0.1, -0.05) is 37.3 Å². The van der Waals surface area contributed by atoms with Crippen LogP contribution in [-0.2, 0) is 6.42 Å². The maximum Gasteiger partial charge on any atom is 0.337 e. The molecule has 3 rings (SSSR count). The first-order valence-corrected chi connectivity index (χ1v) is 9.45. The van der Waals surface area contributed by atoms with Crippen molar-refractivity contribution in [3.63, 3.8) is 0 Å². The van der Waals surface area contributed by atoms with Crippen LogP contribution in [0.4, 0.5) is 0 Å². The van der Waals surface area contributed by atoms with Gasteiger partial charge in [-0.2, -0.15) is 0 Å². The van der Waals surface area contributed by atoms with Gasteiger partial charge in [0, 0.05) is 5.56 Å². The van der Waals surface area contributed by atoms with Crippen molar-refractivity contribution < 1.29 is 14.6 Å². The van der Waals surface area contributed by atoms with E-state index >= 15 is 0 Å². The smallest absolute Gasteiger partial charge is 0.337 e. The van der Waals surface area contributed by atoms with Gasteiger partial charge in [0.25, 0.3) is 0 Å². The lowest BCUT2D eigenvalue weighted by atomic mass is 9.97. The van der Waals surface area contributed by atoms with E-state index in [1.807, 2.05) is 32.9 Å². The first kappa shape index (κ1) is 18.4. The molecule has 26 heavy (non-hydrogen) atoms. The molecule has 0 bridgehead atoms. The zero-order valence-electron chi connectivity index (χ0n) is 15.8. The summed E-state index contributed by atoms with van der Waals surface area (Å²) in [5.74, 6) is 0.424. The molecule has 0 atom stereocenters. The molecule has 0 aliphatic heterocycles.